The maximum Gasteiger partial charge on any atom is 0.223 e. The summed E-state index contributed by atoms with van der Waals surface area (Å²) in [6.07, 6.45) is 2.73. The first-order valence-electron chi connectivity index (χ1n) is 5.86. The van der Waals surface area contributed by atoms with Crippen LogP contribution in [0.3, 0.4) is 0 Å². The van der Waals surface area contributed by atoms with Crippen molar-refractivity contribution in [2.45, 2.75) is 25.3 Å². The van der Waals surface area contributed by atoms with Gasteiger partial charge in [0.25, 0.3) is 0 Å². The molecule has 1 aromatic carbocycles. The fourth-order valence-corrected chi connectivity index (χ4v) is 1.54. The quantitative estimate of drug-likeness (QED) is 0.783. The normalized spacial score (nSPS) is 14.1. The van der Waals surface area contributed by atoms with Gasteiger partial charge in [-0.25, -0.2) is 4.39 Å². The molecule has 1 fully saturated rings. The molecule has 0 saturated heterocycles. The van der Waals surface area contributed by atoms with Gasteiger partial charge in [-0.1, -0.05) is 6.07 Å². The highest BCUT2D eigenvalue weighted by Gasteiger charge is 2.23. The second-order valence-electron chi connectivity index (χ2n) is 4.22. The number of carbonyl (C=O) groups excluding carboxylic acids is 2. The van der Waals surface area contributed by atoms with Crippen molar-refractivity contribution in [2.24, 2.45) is 0 Å². The largest absolute Gasteiger partial charge is 0.489 e. The number of amides is 1. The summed E-state index contributed by atoms with van der Waals surface area (Å²) in [5.74, 6) is -0.796. The summed E-state index contributed by atoms with van der Waals surface area (Å²) in [5, 5.41) is 2.80. The van der Waals surface area contributed by atoms with E-state index in [0.29, 0.717) is 12.3 Å². The lowest BCUT2D eigenvalue weighted by molar-refractivity contribution is -0.121. The number of ether oxygens (including phenoxy) is 1. The zero-order chi connectivity index (χ0) is 13.0. The number of halogens is 1. The molecule has 4 nitrogen and oxygen atoms in total. The molecule has 0 atom stereocenters. The Labute approximate surface area is 104 Å². The number of carbonyl (C=O) groups is 2. The Morgan fingerprint density at radius 1 is 1.50 bits per heavy atom. The van der Waals surface area contributed by atoms with Crippen molar-refractivity contribution in [3.63, 3.8) is 0 Å². The molecule has 1 aliphatic rings. The van der Waals surface area contributed by atoms with Gasteiger partial charge in [0.05, 0.1) is 18.6 Å². The number of hydrogen-bond donors (Lipinski definition) is 1. The van der Waals surface area contributed by atoms with Crippen molar-refractivity contribution in [3.8, 4) is 5.75 Å². The number of para-hydroxylation sites is 1. The fourth-order valence-electron chi connectivity index (χ4n) is 1.54. The van der Waals surface area contributed by atoms with E-state index in [-0.39, 0.29) is 30.2 Å². The molecule has 5 heteroatoms. The summed E-state index contributed by atoms with van der Waals surface area (Å²) >= 11 is 0. The summed E-state index contributed by atoms with van der Waals surface area (Å²) in [6, 6.07) is 4.42. The SMILES string of the molecule is O=Cc1cccc(F)c1OCCC(=O)NC1CC1. The minimum atomic E-state index is -0.595. The van der Waals surface area contributed by atoms with Gasteiger partial charge in [-0.15, -0.1) is 0 Å². The predicted octanol–water partition coefficient (Wildman–Crippen LogP) is 1.69. The molecule has 1 amide bonds. The van der Waals surface area contributed by atoms with E-state index < -0.39 is 5.82 Å². The lowest BCUT2D eigenvalue weighted by atomic mass is 10.2. The summed E-state index contributed by atoms with van der Waals surface area (Å²) in [7, 11) is 0. The monoisotopic (exact) mass is 251 g/mol. The zero-order valence-electron chi connectivity index (χ0n) is 9.82. The van der Waals surface area contributed by atoms with Gasteiger partial charge in [0.2, 0.25) is 5.91 Å². The summed E-state index contributed by atoms with van der Waals surface area (Å²) in [5.41, 5.74) is 0.151. The minimum absolute atomic E-state index is 0.0559. The standard InChI is InChI=1S/C13H14FNO3/c14-11-3-1-2-9(8-16)13(11)18-7-6-12(17)15-10-4-5-10/h1-3,8,10H,4-7H2,(H,15,17). The van der Waals surface area contributed by atoms with Crippen LogP contribution in [-0.4, -0.2) is 24.8 Å². The Morgan fingerprint density at radius 3 is 2.94 bits per heavy atom. The van der Waals surface area contributed by atoms with Crippen molar-refractivity contribution in [1.29, 1.82) is 0 Å². The number of aldehydes is 1. The average molecular weight is 251 g/mol. The third-order valence-electron chi connectivity index (χ3n) is 2.64. The van der Waals surface area contributed by atoms with Gasteiger partial charge in [-0.3, -0.25) is 9.59 Å². The van der Waals surface area contributed by atoms with Gasteiger partial charge >= 0.3 is 0 Å². The maximum absolute atomic E-state index is 13.4. The van der Waals surface area contributed by atoms with Gasteiger partial charge in [-0.2, -0.15) is 0 Å². The molecule has 1 aromatic rings. The van der Waals surface area contributed by atoms with Gasteiger partial charge in [0.15, 0.2) is 17.9 Å². The first kappa shape index (κ1) is 12.5. The van der Waals surface area contributed by atoms with E-state index in [4.69, 9.17) is 4.74 Å². The van der Waals surface area contributed by atoms with Gasteiger partial charge in [0, 0.05) is 6.04 Å². The molecule has 0 aliphatic heterocycles. The molecular formula is C13H14FNO3. The third kappa shape index (κ3) is 3.29. The lowest BCUT2D eigenvalue weighted by Gasteiger charge is -2.09. The van der Waals surface area contributed by atoms with Gasteiger partial charge in [-0.05, 0) is 25.0 Å². The van der Waals surface area contributed by atoms with Crippen LogP contribution in [0.4, 0.5) is 4.39 Å². The molecule has 0 spiro atoms. The minimum Gasteiger partial charge on any atom is -0.489 e. The van der Waals surface area contributed by atoms with Crippen LogP contribution < -0.4 is 10.1 Å². The highest BCUT2D eigenvalue weighted by molar-refractivity contribution is 5.79. The Morgan fingerprint density at radius 2 is 2.28 bits per heavy atom. The number of nitrogens with one attached hydrogen (secondary N) is 1. The molecule has 18 heavy (non-hydrogen) atoms. The highest BCUT2D eigenvalue weighted by Crippen LogP contribution is 2.21. The van der Waals surface area contributed by atoms with Crippen LogP contribution in [0.1, 0.15) is 29.6 Å². The molecule has 0 heterocycles. The second kappa shape index (κ2) is 5.62. The van der Waals surface area contributed by atoms with Crippen molar-refractivity contribution in [1.82, 2.24) is 5.32 Å². The van der Waals surface area contributed by atoms with Crippen LogP contribution in [0.2, 0.25) is 0 Å². The second-order valence-corrected chi connectivity index (χ2v) is 4.22. The van der Waals surface area contributed by atoms with Crippen LogP contribution in [-0.2, 0) is 4.79 Å². The molecule has 0 aromatic heterocycles. The van der Waals surface area contributed by atoms with Crippen molar-refractivity contribution >= 4 is 12.2 Å². The van der Waals surface area contributed by atoms with Crippen LogP contribution in [0.15, 0.2) is 18.2 Å². The highest BCUT2D eigenvalue weighted by atomic mass is 19.1. The molecule has 0 bridgehead atoms. The van der Waals surface area contributed by atoms with E-state index in [1.54, 1.807) is 0 Å². The van der Waals surface area contributed by atoms with Crippen LogP contribution in [0.25, 0.3) is 0 Å². The summed E-state index contributed by atoms with van der Waals surface area (Å²) < 4.78 is 18.6. The van der Waals surface area contributed by atoms with Crippen LogP contribution in [0, 0.1) is 5.82 Å². The summed E-state index contributed by atoms with van der Waals surface area (Å²) in [4.78, 5) is 22.1. The van der Waals surface area contributed by atoms with Crippen molar-refractivity contribution in [3.05, 3.63) is 29.6 Å². The molecule has 0 radical (unpaired) electrons. The number of hydrogen-bond acceptors (Lipinski definition) is 3. The lowest BCUT2D eigenvalue weighted by Crippen LogP contribution is -2.26. The molecular weight excluding hydrogens is 237 g/mol. The molecule has 1 saturated carbocycles. The third-order valence-corrected chi connectivity index (χ3v) is 2.64. The molecule has 0 unspecified atom stereocenters. The van der Waals surface area contributed by atoms with E-state index in [1.165, 1.54) is 18.2 Å². The molecule has 2 rings (SSSR count). The van der Waals surface area contributed by atoms with E-state index in [2.05, 4.69) is 5.32 Å². The molecule has 1 aliphatic carbocycles. The Bertz CT molecular complexity index is 458. The fraction of sp³-hybridized carbons (Fsp3) is 0.385. The number of benzene rings is 1. The zero-order valence-corrected chi connectivity index (χ0v) is 9.82. The van der Waals surface area contributed by atoms with Crippen molar-refractivity contribution < 1.29 is 18.7 Å². The molecule has 1 N–H and O–H groups in total. The molecule has 96 valence electrons. The Hall–Kier alpha value is -1.91. The maximum atomic E-state index is 13.4. The average Bonchev–Trinajstić information content (AvgIpc) is 3.15. The first-order valence-corrected chi connectivity index (χ1v) is 5.86. The number of rotatable bonds is 6. The predicted molar refractivity (Wildman–Crippen MR) is 63.1 cm³/mol. The van der Waals surface area contributed by atoms with E-state index in [9.17, 15) is 14.0 Å². The van der Waals surface area contributed by atoms with Crippen molar-refractivity contribution in [2.75, 3.05) is 6.61 Å². The Kier molecular flexibility index (Phi) is 3.92. The van der Waals surface area contributed by atoms with Gasteiger partial charge in [0.1, 0.15) is 0 Å². The Balaban J connectivity index is 1.85. The topological polar surface area (TPSA) is 55.4 Å². The summed E-state index contributed by atoms with van der Waals surface area (Å²) in [6.45, 7) is 0.0559. The van der Waals surface area contributed by atoms with E-state index in [0.717, 1.165) is 12.8 Å². The van der Waals surface area contributed by atoms with E-state index in [1.807, 2.05) is 0 Å². The smallest absolute Gasteiger partial charge is 0.223 e. The van der Waals surface area contributed by atoms with Crippen LogP contribution >= 0.6 is 0 Å². The van der Waals surface area contributed by atoms with E-state index >= 15 is 0 Å². The first-order chi connectivity index (χ1) is 8.70. The van der Waals surface area contributed by atoms with Crippen LogP contribution in [0.5, 0.6) is 5.75 Å². The van der Waals surface area contributed by atoms with Gasteiger partial charge < -0.3 is 10.1 Å².